The minimum Gasteiger partial charge on any atom is -0.430 e. The minimum absolute atomic E-state index is 0.177. The summed E-state index contributed by atoms with van der Waals surface area (Å²) in [5.41, 5.74) is 0.515. The average molecular weight is 325 g/mol. The van der Waals surface area contributed by atoms with Crippen LogP contribution in [-0.2, 0) is 19.1 Å². The van der Waals surface area contributed by atoms with Gasteiger partial charge in [0.25, 0.3) is 0 Å². The third kappa shape index (κ3) is 3.40. The largest absolute Gasteiger partial charge is 0.430 e. The van der Waals surface area contributed by atoms with Crippen LogP contribution in [0.1, 0.15) is 12.5 Å². The van der Waals surface area contributed by atoms with E-state index in [1.54, 1.807) is 18.2 Å². The number of hydrogen-bond donors (Lipinski definition) is 0. The van der Waals surface area contributed by atoms with Gasteiger partial charge in [0.05, 0.1) is 10.0 Å². The maximum absolute atomic E-state index is 12.0. The Balaban J connectivity index is 2.22. The van der Waals surface area contributed by atoms with Gasteiger partial charge in [0.2, 0.25) is 0 Å². The lowest BCUT2D eigenvalue weighted by Gasteiger charge is -2.15. The summed E-state index contributed by atoms with van der Waals surface area (Å²) >= 11 is 11.8. The molecule has 0 spiro atoms. The van der Waals surface area contributed by atoms with E-state index in [0.717, 1.165) is 12.2 Å². The van der Waals surface area contributed by atoms with Crippen molar-refractivity contribution in [3.63, 3.8) is 0 Å². The maximum Gasteiger partial charge on any atom is 0.329 e. The first kappa shape index (κ1) is 15.5. The zero-order chi connectivity index (χ0) is 15.6. The Morgan fingerprint density at radius 2 is 2.00 bits per heavy atom. The SMILES string of the molecule is CC1=CC(=O)C(C(=O)/C=C/c2cccc(Cl)c2Cl)C(=O)O1. The minimum atomic E-state index is -1.46. The van der Waals surface area contributed by atoms with E-state index < -0.39 is 23.5 Å². The number of allylic oxidation sites excluding steroid dienone is 3. The van der Waals surface area contributed by atoms with Crippen LogP contribution in [0.2, 0.25) is 10.0 Å². The first-order chi connectivity index (χ1) is 9.90. The molecule has 2 rings (SSSR count). The lowest BCUT2D eigenvalue weighted by Crippen LogP contribution is -2.34. The van der Waals surface area contributed by atoms with Crippen LogP contribution in [0, 0.1) is 5.92 Å². The van der Waals surface area contributed by atoms with Crippen LogP contribution in [0.25, 0.3) is 6.08 Å². The molecule has 1 aliphatic heterocycles. The Morgan fingerprint density at radius 3 is 2.67 bits per heavy atom. The molecule has 0 N–H and O–H groups in total. The molecule has 0 aromatic heterocycles. The highest BCUT2D eigenvalue weighted by Gasteiger charge is 2.36. The fourth-order valence-electron chi connectivity index (χ4n) is 1.82. The van der Waals surface area contributed by atoms with E-state index in [0.29, 0.717) is 10.6 Å². The van der Waals surface area contributed by atoms with Crippen molar-refractivity contribution < 1.29 is 19.1 Å². The molecule has 0 saturated heterocycles. The van der Waals surface area contributed by atoms with Gasteiger partial charge in [0, 0.05) is 6.08 Å². The first-order valence-electron chi connectivity index (χ1n) is 6.00. The summed E-state index contributed by atoms with van der Waals surface area (Å²) in [6, 6.07) is 4.94. The fourth-order valence-corrected chi connectivity index (χ4v) is 2.19. The van der Waals surface area contributed by atoms with Crippen LogP contribution in [0.15, 0.2) is 36.1 Å². The molecule has 1 aromatic rings. The molecule has 1 unspecified atom stereocenters. The van der Waals surface area contributed by atoms with Crippen LogP contribution in [0.3, 0.4) is 0 Å². The quantitative estimate of drug-likeness (QED) is 0.486. The summed E-state index contributed by atoms with van der Waals surface area (Å²) in [5.74, 6) is -3.40. The van der Waals surface area contributed by atoms with E-state index in [-0.39, 0.29) is 10.8 Å². The maximum atomic E-state index is 12.0. The van der Waals surface area contributed by atoms with Gasteiger partial charge in [-0.25, -0.2) is 0 Å². The molecule has 1 heterocycles. The first-order valence-corrected chi connectivity index (χ1v) is 6.75. The summed E-state index contributed by atoms with van der Waals surface area (Å²) < 4.78 is 4.78. The number of halogens is 2. The molecule has 0 bridgehead atoms. The molecule has 21 heavy (non-hydrogen) atoms. The second-order valence-corrected chi connectivity index (χ2v) is 5.18. The van der Waals surface area contributed by atoms with Crippen LogP contribution < -0.4 is 0 Å². The Labute approximate surface area is 131 Å². The third-order valence-electron chi connectivity index (χ3n) is 2.82. The second kappa shape index (κ2) is 6.24. The number of ketones is 2. The number of rotatable bonds is 3. The summed E-state index contributed by atoms with van der Waals surface area (Å²) in [6.07, 6.45) is 3.66. The molecule has 0 radical (unpaired) electrons. The van der Waals surface area contributed by atoms with Crippen molar-refractivity contribution in [3.05, 3.63) is 51.7 Å². The van der Waals surface area contributed by atoms with Gasteiger partial charge in [-0.2, -0.15) is 0 Å². The number of esters is 1. The van der Waals surface area contributed by atoms with Crippen molar-refractivity contribution >= 4 is 46.8 Å². The van der Waals surface area contributed by atoms with Gasteiger partial charge in [0.15, 0.2) is 17.5 Å². The molecule has 1 aromatic carbocycles. The van der Waals surface area contributed by atoms with Crippen LogP contribution >= 0.6 is 23.2 Å². The zero-order valence-electron chi connectivity index (χ0n) is 10.9. The van der Waals surface area contributed by atoms with Gasteiger partial charge >= 0.3 is 5.97 Å². The standard InChI is InChI=1S/C15H10Cl2O4/c1-8-7-12(19)13(15(20)21-8)11(18)6-5-9-3-2-4-10(16)14(9)17/h2-7,13H,1H3/b6-5+. The van der Waals surface area contributed by atoms with Crippen LogP contribution in [0.4, 0.5) is 0 Å². The van der Waals surface area contributed by atoms with Crippen molar-refractivity contribution in [2.45, 2.75) is 6.92 Å². The number of ether oxygens (including phenoxy) is 1. The van der Waals surface area contributed by atoms with Gasteiger partial charge in [-0.15, -0.1) is 0 Å². The Kier molecular flexibility index (Phi) is 4.60. The highest BCUT2D eigenvalue weighted by atomic mass is 35.5. The topological polar surface area (TPSA) is 60.4 Å². The molecule has 0 aliphatic carbocycles. The van der Waals surface area contributed by atoms with E-state index in [1.807, 2.05) is 0 Å². The summed E-state index contributed by atoms with van der Waals surface area (Å²) in [7, 11) is 0. The molecule has 0 saturated carbocycles. The van der Waals surface area contributed by atoms with Gasteiger partial charge in [-0.3, -0.25) is 14.4 Å². The molecule has 1 atom stereocenters. The van der Waals surface area contributed by atoms with Gasteiger partial charge < -0.3 is 4.74 Å². The lowest BCUT2D eigenvalue weighted by molar-refractivity contribution is -0.151. The summed E-state index contributed by atoms with van der Waals surface area (Å²) in [4.78, 5) is 35.3. The van der Waals surface area contributed by atoms with E-state index in [4.69, 9.17) is 27.9 Å². The highest BCUT2D eigenvalue weighted by molar-refractivity contribution is 6.43. The number of hydrogen-bond acceptors (Lipinski definition) is 4. The number of carbonyl (C=O) groups excluding carboxylic acids is 3. The van der Waals surface area contributed by atoms with E-state index >= 15 is 0 Å². The van der Waals surface area contributed by atoms with Crippen LogP contribution in [-0.4, -0.2) is 17.5 Å². The number of benzene rings is 1. The van der Waals surface area contributed by atoms with Crippen molar-refractivity contribution in [1.29, 1.82) is 0 Å². The molecular formula is C15H10Cl2O4. The summed E-state index contributed by atoms with van der Waals surface area (Å²) in [5, 5.41) is 0.634. The predicted molar refractivity (Wildman–Crippen MR) is 78.8 cm³/mol. The van der Waals surface area contributed by atoms with E-state index in [2.05, 4.69) is 0 Å². The van der Waals surface area contributed by atoms with E-state index in [9.17, 15) is 14.4 Å². The monoisotopic (exact) mass is 324 g/mol. The van der Waals surface area contributed by atoms with Crippen molar-refractivity contribution in [3.8, 4) is 0 Å². The molecular weight excluding hydrogens is 315 g/mol. The zero-order valence-corrected chi connectivity index (χ0v) is 12.4. The normalized spacial score (nSPS) is 18.6. The molecule has 0 fully saturated rings. The highest BCUT2D eigenvalue weighted by Crippen LogP contribution is 2.26. The van der Waals surface area contributed by atoms with E-state index in [1.165, 1.54) is 13.0 Å². The molecule has 6 heteroatoms. The molecule has 1 aliphatic rings. The molecule has 108 valence electrons. The summed E-state index contributed by atoms with van der Waals surface area (Å²) in [6.45, 7) is 1.47. The lowest BCUT2D eigenvalue weighted by atomic mass is 9.96. The van der Waals surface area contributed by atoms with Gasteiger partial charge in [-0.05, 0) is 30.7 Å². The van der Waals surface area contributed by atoms with Crippen molar-refractivity contribution in [2.75, 3.05) is 0 Å². The Morgan fingerprint density at radius 1 is 1.29 bits per heavy atom. The molecule has 4 nitrogen and oxygen atoms in total. The van der Waals surface area contributed by atoms with Gasteiger partial charge in [0.1, 0.15) is 5.76 Å². The smallest absolute Gasteiger partial charge is 0.329 e. The second-order valence-electron chi connectivity index (χ2n) is 4.39. The van der Waals surface area contributed by atoms with Crippen LogP contribution in [0.5, 0.6) is 0 Å². The fraction of sp³-hybridized carbons (Fsp3) is 0.133. The third-order valence-corrected chi connectivity index (χ3v) is 3.65. The number of carbonyl (C=O) groups is 3. The Bertz CT molecular complexity index is 689. The Hall–Kier alpha value is -1.91. The van der Waals surface area contributed by atoms with Gasteiger partial charge in [-0.1, -0.05) is 35.3 Å². The van der Waals surface area contributed by atoms with Crippen molar-refractivity contribution in [1.82, 2.24) is 0 Å². The average Bonchev–Trinajstić information content (AvgIpc) is 2.39. The number of cyclic esters (lactones) is 1. The molecule has 0 amide bonds. The predicted octanol–water partition coefficient (Wildman–Crippen LogP) is 3.22. The van der Waals surface area contributed by atoms with Crippen molar-refractivity contribution in [2.24, 2.45) is 5.92 Å².